The maximum atomic E-state index is 13.3. The van der Waals surface area contributed by atoms with Gasteiger partial charge in [0.25, 0.3) is 0 Å². The van der Waals surface area contributed by atoms with Crippen LogP contribution >= 0.6 is 0 Å². The normalized spacial score (nSPS) is 16.5. The highest BCUT2D eigenvalue weighted by Gasteiger charge is 2.22. The molecule has 0 spiro atoms. The van der Waals surface area contributed by atoms with Crippen molar-refractivity contribution < 1.29 is 13.4 Å². The van der Waals surface area contributed by atoms with Crippen LogP contribution < -0.4 is 5.32 Å². The molecule has 0 radical (unpaired) electrons. The molecule has 1 unspecified atom stereocenters. The topological polar surface area (TPSA) is 46.2 Å². The number of halogens is 1. The number of carbonyl (C=O) groups excluding carboxylic acids is 1. The summed E-state index contributed by atoms with van der Waals surface area (Å²) in [6.45, 7) is 0.646. The fourth-order valence-electron chi connectivity index (χ4n) is 1.46. The smallest absolute Gasteiger partial charge is 0.233 e. The van der Waals surface area contributed by atoms with Crippen LogP contribution in [-0.2, 0) is 15.6 Å². The van der Waals surface area contributed by atoms with E-state index in [-0.39, 0.29) is 16.6 Å². The summed E-state index contributed by atoms with van der Waals surface area (Å²) in [4.78, 5) is 11.5. The zero-order chi connectivity index (χ0) is 12.3. The van der Waals surface area contributed by atoms with Crippen LogP contribution in [0.1, 0.15) is 12.8 Å². The minimum atomic E-state index is -1.61. The van der Waals surface area contributed by atoms with Crippen molar-refractivity contribution in [1.82, 2.24) is 5.32 Å². The highest BCUT2D eigenvalue weighted by Crippen LogP contribution is 2.27. The van der Waals surface area contributed by atoms with Crippen molar-refractivity contribution in [2.45, 2.75) is 17.7 Å². The molecule has 1 aliphatic carbocycles. The first kappa shape index (κ1) is 12.2. The Hall–Kier alpha value is -1.23. The Bertz CT molecular complexity index is 446. The second kappa shape index (κ2) is 5.40. The molecule has 1 atom stereocenters. The van der Waals surface area contributed by atoms with E-state index in [1.165, 1.54) is 18.2 Å². The number of amides is 1. The molecule has 17 heavy (non-hydrogen) atoms. The van der Waals surface area contributed by atoms with Gasteiger partial charge in [-0.15, -0.1) is 0 Å². The summed E-state index contributed by atoms with van der Waals surface area (Å²) in [5.41, 5.74) is 0. The molecule has 0 saturated heterocycles. The second-order valence-electron chi connectivity index (χ2n) is 4.17. The van der Waals surface area contributed by atoms with Crippen LogP contribution in [0.5, 0.6) is 0 Å². The number of hydrogen-bond acceptors (Lipinski definition) is 2. The lowest BCUT2D eigenvalue weighted by Crippen LogP contribution is -2.30. The summed E-state index contributed by atoms with van der Waals surface area (Å²) < 4.78 is 25.0. The first-order chi connectivity index (χ1) is 8.16. The van der Waals surface area contributed by atoms with E-state index in [9.17, 15) is 13.4 Å². The van der Waals surface area contributed by atoms with Crippen molar-refractivity contribution >= 4 is 16.7 Å². The van der Waals surface area contributed by atoms with E-state index in [1.54, 1.807) is 6.07 Å². The SMILES string of the molecule is O=C(CS(=O)c1ccccc1F)NCC1CC1. The van der Waals surface area contributed by atoms with E-state index in [4.69, 9.17) is 0 Å². The zero-order valence-electron chi connectivity index (χ0n) is 9.32. The summed E-state index contributed by atoms with van der Waals surface area (Å²) in [6, 6.07) is 5.83. The third kappa shape index (κ3) is 3.63. The molecule has 0 aromatic heterocycles. The fraction of sp³-hybridized carbons (Fsp3) is 0.417. The number of hydrogen-bond donors (Lipinski definition) is 1. The zero-order valence-corrected chi connectivity index (χ0v) is 10.1. The van der Waals surface area contributed by atoms with Crippen molar-refractivity contribution in [1.29, 1.82) is 0 Å². The summed E-state index contributed by atoms with van der Waals surface area (Å²) in [7, 11) is -1.61. The molecule has 1 saturated carbocycles. The van der Waals surface area contributed by atoms with Gasteiger partial charge in [0, 0.05) is 6.54 Å². The van der Waals surface area contributed by atoms with Crippen LogP contribution in [0.15, 0.2) is 29.2 Å². The van der Waals surface area contributed by atoms with E-state index >= 15 is 0 Å². The van der Waals surface area contributed by atoms with Crippen molar-refractivity contribution in [3.8, 4) is 0 Å². The van der Waals surface area contributed by atoms with Crippen LogP contribution in [0.4, 0.5) is 4.39 Å². The molecule has 0 aliphatic heterocycles. The molecule has 1 fully saturated rings. The van der Waals surface area contributed by atoms with Gasteiger partial charge in [-0.25, -0.2) is 4.39 Å². The predicted molar refractivity (Wildman–Crippen MR) is 63.4 cm³/mol. The van der Waals surface area contributed by atoms with Gasteiger partial charge >= 0.3 is 0 Å². The third-order valence-electron chi connectivity index (χ3n) is 2.63. The van der Waals surface area contributed by atoms with Crippen molar-refractivity contribution in [2.75, 3.05) is 12.3 Å². The summed E-state index contributed by atoms with van der Waals surface area (Å²) in [6.07, 6.45) is 2.30. The standard InChI is InChI=1S/C12H14FNO2S/c13-10-3-1-2-4-11(10)17(16)8-12(15)14-7-9-5-6-9/h1-4,9H,5-8H2,(H,14,15). The lowest BCUT2D eigenvalue weighted by molar-refractivity contribution is -0.118. The maximum Gasteiger partial charge on any atom is 0.233 e. The number of nitrogens with one attached hydrogen (secondary N) is 1. The molecule has 3 nitrogen and oxygen atoms in total. The predicted octanol–water partition coefficient (Wildman–Crippen LogP) is 1.46. The van der Waals surface area contributed by atoms with Crippen molar-refractivity contribution in [2.24, 2.45) is 5.92 Å². The van der Waals surface area contributed by atoms with Gasteiger partial charge in [0.05, 0.1) is 15.7 Å². The Morgan fingerprint density at radius 2 is 2.12 bits per heavy atom. The number of carbonyl (C=O) groups is 1. The Balaban J connectivity index is 1.87. The average molecular weight is 255 g/mol. The minimum Gasteiger partial charge on any atom is -0.355 e. The van der Waals surface area contributed by atoms with Gasteiger partial charge in [0.1, 0.15) is 11.6 Å². The van der Waals surface area contributed by atoms with Crippen molar-refractivity contribution in [3.63, 3.8) is 0 Å². The van der Waals surface area contributed by atoms with Gasteiger partial charge in [-0.1, -0.05) is 12.1 Å². The van der Waals surface area contributed by atoms with Gasteiger partial charge < -0.3 is 5.32 Å². The highest BCUT2D eigenvalue weighted by atomic mass is 32.2. The van der Waals surface area contributed by atoms with Crippen LogP contribution in [0.3, 0.4) is 0 Å². The maximum absolute atomic E-state index is 13.3. The summed E-state index contributed by atoms with van der Waals surface area (Å²) >= 11 is 0. The van der Waals surface area contributed by atoms with Crippen LogP contribution in [0, 0.1) is 11.7 Å². The Morgan fingerprint density at radius 3 is 2.76 bits per heavy atom. The molecular formula is C12H14FNO2S. The molecule has 1 aromatic carbocycles. The van der Waals surface area contributed by atoms with Crippen LogP contribution in [-0.4, -0.2) is 22.4 Å². The molecule has 1 N–H and O–H groups in total. The first-order valence-electron chi connectivity index (χ1n) is 5.56. The van der Waals surface area contributed by atoms with E-state index in [0.29, 0.717) is 12.5 Å². The Morgan fingerprint density at radius 1 is 1.41 bits per heavy atom. The van der Waals surface area contributed by atoms with E-state index in [2.05, 4.69) is 5.32 Å². The lowest BCUT2D eigenvalue weighted by Gasteiger charge is -2.05. The van der Waals surface area contributed by atoms with E-state index in [1.807, 2.05) is 0 Å². The molecule has 0 heterocycles. The lowest BCUT2D eigenvalue weighted by atomic mass is 10.3. The molecule has 0 bridgehead atoms. The summed E-state index contributed by atoms with van der Waals surface area (Å²) in [5, 5.41) is 2.71. The molecule has 1 aromatic rings. The van der Waals surface area contributed by atoms with E-state index < -0.39 is 16.6 Å². The molecule has 5 heteroatoms. The molecule has 92 valence electrons. The largest absolute Gasteiger partial charge is 0.355 e. The minimum absolute atomic E-state index is 0.0917. The van der Waals surface area contributed by atoms with E-state index in [0.717, 1.165) is 12.8 Å². The molecular weight excluding hydrogens is 241 g/mol. The van der Waals surface area contributed by atoms with Crippen molar-refractivity contribution in [3.05, 3.63) is 30.1 Å². The molecule has 1 aliphatic rings. The fourth-order valence-corrected chi connectivity index (χ4v) is 2.47. The Labute approximate surface area is 102 Å². The van der Waals surface area contributed by atoms with Gasteiger partial charge in [0.2, 0.25) is 5.91 Å². The highest BCUT2D eigenvalue weighted by molar-refractivity contribution is 7.85. The second-order valence-corrected chi connectivity index (χ2v) is 5.59. The Kier molecular flexibility index (Phi) is 3.89. The van der Waals surface area contributed by atoms with Gasteiger partial charge in [-0.2, -0.15) is 0 Å². The molecule has 1 amide bonds. The third-order valence-corrected chi connectivity index (χ3v) is 3.97. The van der Waals surface area contributed by atoms with Gasteiger partial charge in [-0.3, -0.25) is 9.00 Å². The number of benzene rings is 1. The molecule has 2 rings (SSSR count). The number of rotatable bonds is 5. The quantitative estimate of drug-likeness (QED) is 0.865. The average Bonchev–Trinajstić information content (AvgIpc) is 3.10. The van der Waals surface area contributed by atoms with Gasteiger partial charge in [0.15, 0.2) is 0 Å². The summed E-state index contributed by atoms with van der Waals surface area (Å²) in [5.74, 6) is -0.395. The van der Waals surface area contributed by atoms with Crippen LogP contribution in [0.25, 0.3) is 0 Å². The van der Waals surface area contributed by atoms with Crippen LogP contribution in [0.2, 0.25) is 0 Å². The first-order valence-corrected chi connectivity index (χ1v) is 6.88. The van der Waals surface area contributed by atoms with Gasteiger partial charge in [-0.05, 0) is 30.9 Å². The monoisotopic (exact) mass is 255 g/mol.